The van der Waals surface area contributed by atoms with Gasteiger partial charge in [-0.25, -0.2) is 0 Å². The van der Waals surface area contributed by atoms with Crippen molar-refractivity contribution < 1.29 is 36.3 Å². The van der Waals surface area contributed by atoms with Crippen LogP contribution < -0.4 is 10.6 Å². The van der Waals surface area contributed by atoms with Crippen LogP contribution >= 0.6 is 11.6 Å². The number of hydrogen-bond donors (Lipinski definition) is 2. The van der Waals surface area contributed by atoms with E-state index in [1.165, 1.54) is 0 Å². The largest absolute Gasteiger partial charge is 0.349 e. The van der Waals surface area contributed by atoms with Crippen LogP contribution in [0.3, 0.4) is 0 Å². The number of nitrogens with one attached hydrogen (secondary N) is 2. The van der Waals surface area contributed by atoms with Gasteiger partial charge in [0.2, 0.25) is 11.8 Å². The molecule has 0 bridgehead atoms. The lowest BCUT2D eigenvalue weighted by atomic mass is 10.0. The van der Waals surface area contributed by atoms with Crippen molar-refractivity contribution in [2.24, 2.45) is 0 Å². The van der Waals surface area contributed by atoms with Gasteiger partial charge < -0.3 is 10.2 Å². The van der Waals surface area contributed by atoms with Gasteiger partial charge in [-0.1, -0.05) is 35.9 Å². The minimum absolute atomic E-state index is 0.0723. The molecule has 2 aliphatic rings. The number of carbonyl (C=O) groups is 4. The highest BCUT2D eigenvalue weighted by Crippen LogP contribution is 2.30. The molecule has 2 aromatic carbocycles. The summed E-state index contributed by atoms with van der Waals surface area (Å²) in [7, 11) is 0. The maximum Gasteiger partial charge on any atom is 0.349 e. The first-order valence-electron chi connectivity index (χ1n) is 12.3. The summed E-state index contributed by atoms with van der Waals surface area (Å²) < 4.78 is 77.6. The van der Waals surface area contributed by atoms with Crippen molar-refractivity contribution in [3.05, 3.63) is 69.7 Å². The normalized spacial score (nSPS) is 29.3. The van der Waals surface area contributed by atoms with Crippen LogP contribution in [0, 0.1) is 0 Å². The second kappa shape index (κ2) is 8.31. The van der Waals surface area contributed by atoms with Crippen LogP contribution in [0.25, 0.3) is 0 Å². The molecule has 2 aromatic rings. The van der Waals surface area contributed by atoms with Crippen LogP contribution in [-0.4, -0.2) is 34.5 Å². The van der Waals surface area contributed by atoms with Gasteiger partial charge >= 0.3 is 5.92 Å². The molecule has 3 unspecified atom stereocenters. The highest BCUT2D eigenvalue weighted by atomic mass is 35.5. The number of rotatable bonds is 5. The Morgan fingerprint density at radius 1 is 1.34 bits per heavy atom. The molecule has 4 rings (SSSR count). The van der Waals surface area contributed by atoms with Gasteiger partial charge in [-0.05, 0) is 35.7 Å². The van der Waals surface area contributed by atoms with Crippen LogP contribution in [0.4, 0.5) is 8.78 Å². The number of fused-ring (bicyclic) bond motifs is 1. The highest BCUT2D eigenvalue weighted by molar-refractivity contribution is 6.30. The summed E-state index contributed by atoms with van der Waals surface area (Å²) >= 11 is 5.68. The molecule has 0 saturated carbocycles. The minimum Gasteiger partial charge on any atom is -0.346 e. The Morgan fingerprint density at radius 3 is 2.78 bits per heavy atom. The summed E-state index contributed by atoms with van der Waals surface area (Å²) in [4.78, 5) is 50.5. The molecule has 1 saturated heterocycles. The molecular weight excluding hydrogens is 444 g/mol. The molecule has 4 amide bonds. The SMILES string of the molecule is [2H]C1C(=O)N([2H])C(=O)[C@]([2H])(N2Cc3cc(C([2H])N([2H])C(=O)C(F)(F)c4ccc(Cl)cc4)ccc3C2=O)C1[2H]. The monoisotopic (exact) mass is 467 g/mol. The van der Waals surface area contributed by atoms with E-state index in [4.69, 9.17) is 19.9 Å². The van der Waals surface area contributed by atoms with Gasteiger partial charge in [-0.2, -0.15) is 8.78 Å². The molecule has 4 atom stereocenters. The van der Waals surface area contributed by atoms with Gasteiger partial charge in [-0.15, -0.1) is 0 Å². The van der Waals surface area contributed by atoms with Crippen LogP contribution in [0.15, 0.2) is 42.5 Å². The average Bonchev–Trinajstić information content (AvgIpc) is 3.24. The van der Waals surface area contributed by atoms with Crippen LogP contribution in [0.5, 0.6) is 0 Å². The Balaban J connectivity index is 1.60. The van der Waals surface area contributed by atoms with Gasteiger partial charge in [0.25, 0.3) is 11.8 Å². The summed E-state index contributed by atoms with van der Waals surface area (Å²) in [5.74, 6) is -9.86. The van der Waals surface area contributed by atoms with Crippen molar-refractivity contribution in [1.29, 1.82) is 0 Å². The molecule has 2 heterocycles. The van der Waals surface area contributed by atoms with E-state index in [0.717, 1.165) is 42.5 Å². The number of alkyl halides is 2. The number of imide groups is 1. The first kappa shape index (κ1) is 15.5. The molecule has 0 aliphatic carbocycles. The number of piperidine rings is 1. The fourth-order valence-electron chi connectivity index (χ4n) is 3.23. The summed E-state index contributed by atoms with van der Waals surface area (Å²) in [6.07, 6.45) is -4.00. The zero-order valence-electron chi connectivity index (χ0n) is 22.1. The minimum atomic E-state index is -4.15. The average molecular weight is 468 g/mol. The molecule has 0 radical (unpaired) electrons. The summed E-state index contributed by atoms with van der Waals surface area (Å²) in [6.45, 7) is -2.46. The standard InChI is InChI=1S/C22H18ClF2N3O4/c23-15-4-2-14(3-5-15)22(24,25)21(32)26-10-12-1-6-16-13(9-12)11-28(20(16)31)17-7-8-18(29)27-19(17)30/h1-6,9,17H,7-8,10-11H2,(H,26,32)(H,27,29,30)/t17-/m1/s1/i7D,8D,10D,17D/hD2/t7?,8?,10?,17-. The third-order valence-electron chi connectivity index (χ3n) is 4.85. The first-order valence-corrected chi connectivity index (χ1v) is 9.57. The molecule has 7 nitrogen and oxygen atoms in total. The second-order valence-electron chi connectivity index (χ2n) is 6.93. The van der Waals surface area contributed by atoms with E-state index in [0.29, 0.717) is 4.90 Å². The quantitative estimate of drug-likeness (QED) is 0.660. The summed E-state index contributed by atoms with van der Waals surface area (Å²) in [6, 6.07) is 4.79. The molecule has 2 aliphatic heterocycles. The maximum absolute atomic E-state index is 14.7. The zero-order valence-corrected chi connectivity index (χ0v) is 16.8. The van der Waals surface area contributed by atoms with Gasteiger partial charge in [0.05, 0.1) is 2.74 Å². The predicted molar refractivity (Wildman–Crippen MR) is 110 cm³/mol. The van der Waals surface area contributed by atoms with Crippen LogP contribution in [0.1, 0.15) is 45.3 Å². The molecule has 0 aromatic heterocycles. The topological polar surface area (TPSA) is 95.6 Å². The number of nitrogens with zero attached hydrogens (tertiary/aromatic N) is 1. The lowest BCUT2D eigenvalue weighted by Gasteiger charge is -2.29. The van der Waals surface area contributed by atoms with E-state index in [1.807, 2.05) is 0 Å². The summed E-state index contributed by atoms with van der Waals surface area (Å²) in [5, 5.41) is -0.293. The van der Waals surface area contributed by atoms with E-state index in [9.17, 15) is 28.0 Å². The van der Waals surface area contributed by atoms with Gasteiger partial charge in [0.15, 0.2) is 2.82 Å². The van der Waals surface area contributed by atoms with Gasteiger partial charge in [-0.3, -0.25) is 24.5 Å². The molecule has 0 spiro atoms. The lowest BCUT2D eigenvalue weighted by Crippen LogP contribution is -2.52. The Morgan fingerprint density at radius 2 is 2.06 bits per heavy atom. The van der Waals surface area contributed by atoms with Gasteiger partial charge in [0.1, 0.15) is 6.02 Å². The van der Waals surface area contributed by atoms with Crippen molar-refractivity contribution in [3.63, 3.8) is 0 Å². The van der Waals surface area contributed by atoms with Crippen molar-refractivity contribution >= 4 is 35.2 Å². The van der Waals surface area contributed by atoms with E-state index in [2.05, 4.69) is 0 Å². The van der Waals surface area contributed by atoms with Crippen LogP contribution in [-0.2, 0) is 33.4 Å². The number of hydrogen-bond acceptors (Lipinski definition) is 4. The first-order chi connectivity index (χ1) is 17.6. The Labute approximate surface area is 195 Å². The third-order valence-corrected chi connectivity index (χ3v) is 5.10. The fourth-order valence-corrected chi connectivity index (χ4v) is 3.36. The van der Waals surface area contributed by atoms with Crippen LogP contribution in [0.2, 0.25) is 7.85 Å². The highest BCUT2D eigenvalue weighted by Gasteiger charge is 2.41. The van der Waals surface area contributed by atoms with Crippen molar-refractivity contribution in [3.8, 4) is 0 Å². The van der Waals surface area contributed by atoms with E-state index in [-0.39, 0.29) is 32.3 Å². The van der Waals surface area contributed by atoms with Crippen molar-refractivity contribution in [1.82, 2.24) is 15.5 Å². The molecule has 1 fully saturated rings. The van der Waals surface area contributed by atoms with E-state index < -0.39 is 67.0 Å². The fraction of sp³-hybridized carbons (Fsp3) is 0.273. The lowest BCUT2D eigenvalue weighted by molar-refractivity contribution is -0.147. The van der Waals surface area contributed by atoms with Gasteiger partial charge in [0, 0.05) is 38.4 Å². The third kappa shape index (κ3) is 4.08. The Hall–Kier alpha value is -3.33. The number of carbonyl (C=O) groups excluding carboxylic acids is 4. The zero-order chi connectivity index (χ0) is 28.3. The molecule has 10 heteroatoms. The Bertz CT molecular complexity index is 1350. The number of benzene rings is 2. The summed E-state index contributed by atoms with van der Waals surface area (Å²) in [5.41, 5.74) is -0.849. The second-order valence-corrected chi connectivity index (χ2v) is 7.36. The molecule has 32 heavy (non-hydrogen) atoms. The maximum atomic E-state index is 14.7. The number of halogens is 3. The van der Waals surface area contributed by atoms with E-state index >= 15 is 0 Å². The van der Waals surface area contributed by atoms with E-state index in [1.54, 1.807) is 0 Å². The van der Waals surface area contributed by atoms with Crippen molar-refractivity contribution in [2.45, 2.75) is 37.8 Å². The number of amides is 4. The smallest absolute Gasteiger partial charge is 0.346 e. The predicted octanol–water partition coefficient (Wildman–Crippen LogP) is 2.51. The molecule has 2 N–H and O–H groups in total. The molecular formula is C22H18ClF2N3O4. The Kier molecular flexibility index (Phi) is 4.02. The molecule has 166 valence electrons. The van der Waals surface area contributed by atoms with Crippen molar-refractivity contribution in [2.75, 3.05) is 0 Å².